The zero-order chi connectivity index (χ0) is 27.8. The molecule has 0 fully saturated rings. The van der Waals surface area contributed by atoms with E-state index in [0.717, 1.165) is 0 Å². The van der Waals surface area contributed by atoms with Crippen LogP contribution in [0.2, 0.25) is 0 Å². The molecule has 4 nitrogen and oxygen atoms in total. The van der Waals surface area contributed by atoms with Crippen LogP contribution in [0.15, 0.2) is 0 Å². The van der Waals surface area contributed by atoms with Crippen molar-refractivity contribution in [1.82, 2.24) is 9.62 Å². The molecule has 1 N–H and O–H groups in total. The minimum absolute atomic E-state index is 0.130. The van der Waals surface area contributed by atoms with Crippen LogP contribution >= 0.6 is 0 Å². The molecule has 0 saturated heterocycles. The van der Waals surface area contributed by atoms with Gasteiger partial charge < -0.3 is 4.90 Å². The molecular formula is C17H28F12N2O2S. The summed E-state index contributed by atoms with van der Waals surface area (Å²) in [6, 6.07) is 0. The number of rotatable bonds is 12. The monoisotopic (exact) mass is 552 g/mol. The Labute approximate surface area is 190 Å². The number of hydrogen-bond acceptors (Lipinski definition) is 3. The lowest BCUT2D eigenvalue weighted by Gasteiger charge is -2.35. The zero-order valence-electron chi connectivity index (χ0n) is 18.7. The van der Waals surface area contributed by atoms with E-state index < -0.39 is 70.8 Å². The van der Waals surface area contributed by atoms with Crippen molar-refractivity contribution >= 4 is 10.0 Å². The highest BCUT2D eigenvalue weighted by Gasteiger charge is 2.72. The molecule has 0 aliphatic heterocycles. The molecule has 0 aromatic carbocycles. The second-order valence-corrected chi connectivity index (χ2v) is 9.85. The Morgan fingerprint density at radius 1 is 0.794 bits per heavy atom. The number of nitrogens with one attached hydrogen (secondary N) is 1. The van der Waals surface area contributed by atoms with Gasteiger partial charge in [0.1, 0.15) is 0 Å². The molecule has 0 aliphatic carbocycles. The highest BCUT2D eigenvalue weighted by Crippen LogP contribution is 2.52. The maximum Gasteiger partial charge on any atom is 0.431 e. The van der Waals surface area contributed by atoms with Crippen LogP contribution in [0.25, 0.3) is 0 Å². The summed E-state index contributed by atoms with van der Waals surface area (Å²) >= 11 is 0. The fourth-order valence-electron chi connectivity index (χ4n) is 2.74. The largest absolute Gasteiger partial charge is 0.431 e. The van der Waals surface area contributed by atoms with E-state index in [1.54, 1.807) is 19.0 Å². The summed E-state index contributed by atoms with van der Waals surface area (Å²) < 4.78 is 179. The topological polar surface area (TPSA) is 49.4 Å². The maximum absolute atomic E-state index is 14.0. The average molecular weight is 552 g/mol. The minimum Gasteiger partial charge on any atom is -0.309 e. The highest BCUT2D eigenvalue weighted by atomic mass is 32.2. The van der Waals surface area contributed by atoms with Gasteiger partial charge in [-0.2, -0.15) is 39.5 Å². The molecule has 0 amide bonds. The van der Waals surface area contributed by atoms with E-state index in [1.165, 1.54) is 0 Å². The van der Waals surface area contributed by atoms with Gasteiger partial charge in [-0.05, 0) is 52.7 Å². The van der Waals surface area contributed by atoms with E-state index in [-0.39, 0.29) is 19.9 Å². The SMILES string of the molecule is CF.CN(C)CCCNS(=O)(=O)CCC(CC(C)(F)C(F)(F)F)CC(F)(C(F)(F)F)C(F)(F)F. The third-order valence-electron chi connectivity index (χ3n) is 4.63. The maximum atomic E-state index is 14.0. The lowest BCUT2D eigenvalue weighted by molar-refractivity contribution is -0.347. The average Bonchev–Trinajstić information content (AvgIpc) is 2.62. The van der Waals surface area contributed by atoms with E-state index in [0.29, 0.717) is 13.7 Å². The van der Waals surface area contributed by atoms with Gasteiger partial charge >= 0.3 is 18.5 Å². The van der Waals surface area contributed by atoms with E-state index in [1.807, 2.05) is 4.72 Å². The fraction of sp³-hybridized carbons (Fsp3) is 1.00. The van der Waals surface area contributed by atoms with Gasteiger partial charge in [-0.1, -0.05) is 0 Å². The van der Waals surface area contributed by atoms with Gasteiger partial charge in [-0.15, -0.1) is 0 Å². The lowest BCUT2D eigenvalue weighted by atomic mass is 9.82. The first-order valence-electron chi connectivity index (χ1n) is 9.53. The molecule has 0 aliphatic rings. The molecule has 0 radical (unpaired) electrons. The van der Waals surface area contributed by atoms with Gasteiger partial charge in [-0.25, -0.2) is 21.9 Å². The van der Waals surface area contributed by atoms with Crippen LogP contribution < -0.4 is 4.72 Å². The number of alkyl halides is 12. The Hall–Kier alpha value is -0.970. The van der Waals surface area contributed by atoms with Gasteiger partial charge in [-0.3, -0.25) is 4.39 Å². The molecule has 0 aromatic rings. The predicted octanol–water partition coefficient (Wildman–Crippen LogP) is 5.35. The lowest BCUT2D eigenvalue weighted by Crippen LogP contribution is -2.55. The summed E-state index contributed by atoms with van der Waals surface area (Å²) in [5.74, 6) is -3.78. The summed E-state index contributed by atoms with van der Waals surface area (Å²) in [7, 11) is -0.520. The highest BCUT2D eigenvalue weighted by molar-refractivity contribution is 7.89. The molecule has 0 saturated carbocycles. The summed E-state index contributed by atoms with van der Waals surface area (Å²) in [5, 5.41) is 0. The molecule has 17 heteroatoms. The second kappa shape index (κ2) is 12.8. The summed E-state index contributed by atoms with van der Waals surface area (Å²) in [5.41, 5.74) is -10.2. The first-order chi connectivity index (χ1) is 15.0. The number of sulfonamides is 1. The Morgan fingerprint density at radius 3 is 1.59 bits per heavy atom. The van der Waals surface area contributed by atoms with Crippen molar-refractivity contribution in [3.05, 3.63) is 0 Å². The molecule has 208 valence electrons. The molecule has 0 bridgehead atoms. The van der Waals surface area contributed by atoms with Gasteiger partial charge in [0.15, 0.2) is 0 Å². The predicted molar refractivity (Wildman–Crippen MR) is 101 cm³/mol. The van der Waals surface area contributed by atoms with Crippen LogP contribution in [0, 0.1) is 5.92 Å². The molecule has 34 heavy (non-hydrogen) atoms. The third kappa shape index (κ3) is 11.2. The second-order valence-electron chi connectivity index (χ2n) is 7.92. The summed E-state index contributed by atoms with van der Waals surface area (Å²) in [6.07, 6.45) is -24.5. The molecule has 2 atom stereocenters. The van der Waals surface area contributed by atoms with Crippen LogP contribution in [0.4, 0.5) is 52.7 Å². The number of hydrogen-bond donors (Lipinski definition) is 1. The van der Waals surface area contributed by atoms with Crippen LogP contribution in [-0.2, 0) is 10.0 Å². The van der Waals surface area contributed by atoms with Crippen molar-refractivity contribution in [3.63, 3.8) is 0 Å². The van der Waals surface area contributed by atoms with Crippen molar-refractivity contribution in [1.29, 1.82) is 0 Å². The quantitative estimate of drug-likeness (QED) is 0.262. The number of halogens is 12. The smallest absolute Gasteiger partial charge is 0.309 e. The van der Waals surface area contributed by atoms with Gasteiger partial charge in [0, 0.05) is 13.0 Å². The Kier molecular flexibility index (Phi) is 13.3. The Morgan fingerprint density at radius 2 is 1.24 bits per heavy atom. The van der Waals surface area contributed by atoms with Crippen LogP contribution in [0.3, 0.4) is 0 Å². The Balaban J connectivity index is 0. The van der Waals surface area contributed by atoms with Crippen molar-refractivity contribution in [2.75, 3.05) is 40.1 Å². The van der Waals surface area contributed by atoms with Gasteiger partial charge in [0.05, 0.1) is 12.9 Å². The summed E-state index contributed by atoms with van der Waals surface area (Å²) in [6.45, 7) is 0.111. The normalized spacial score (nSPS) is 16.6. The molecule has 0 rings (SSSR count). The van der Waals surface area contributed by atoms with Crippen molar-refractivity contribution in [2.24, 2.45) is 5.92 Å². The van der Waals surface area contributed by atoms with Gasteiger partial charge in [0.25, 0.3) is 5.67 Å². The van der Waals surface area contributed by atoms with E-state index in [2.05, 4.69) is 0 Å². The summed E-state index contributed by atoms with van der Waals surface area (Å²) in [4.78, 5) is 1.68. The molecule has 2 unspecified atom stereocenters. The van der Waals surface area contributed by atoms with Crippen molar-refractivity contribution in [3.8, 4) is 0 Å². The molecular weight excluding hydrogens is 524 g/mol. The minimum atomic E-state index is -6.57. The number of nitrogens with zero attached hydrogens (tertiary/aromatic N) is 1. The van der Waals surface area contributed by atoms with Gasteiger partial charge in [0.2, 0.25) is 15.7 Å². The van der Waals surface area contributed by atoms with Crippen LogP contribution in [0.5, 0.6) is 0 Å². The zero-order valence-corrected chi connectivity index (χ0v) is 19.6. The van der Waals surface area contributed by atoms with Crippen LogP contribution in [0.1, 0.15) is 32.6 Å². The van der Waals surface area contributed by atoms with Crippen molar-refractivity contribution < 1.29 is 61.1 Å². The molecule has 0 heterocycles. The standard InChI is InChI=1S/C16H25F11N2O2S.CH3F/c1-12(17,14(19,20)21)9-11(10-13(18,15(22,23)24)16(25,26)27)5-8-32(30,31)28-6-4-7-29(2)3;1-2/h11,28H,4-10H2,1-3H3;1H3. The van der Waals surface area contributed by atoms with E-state index in [9.17, 15) is 61.1 Å². The molecule has 0 spiro atoms. The first-order valence-corrected chi connectivity index (χ1v) is 11.2. The fourth-order valence-corrected chi connectivity index (χ4v) is 3.98. The van der Waals surface area contributed by atoms with Crippen LogP contribution in [-0.4, -0.2) is 83.3 Å². The third-order valence-corrected chi connectivity index (χ3v) is 6.05. The Bertz CT molecular complexity index is 674. The first kappa shape index (κ1) is 35.2. The molecule has 0 aromatic heterocycles. The van der Waals surface area contributed by atoms with Crippen molar-refractivity contribution in [2.45, 2.75) is 62.5 Å². The van der Waals surface area contributed by atoms with E-state index >= 15 is 0 Å². The van der Waals surface area contributed by atoms with E-state index in [4.69, 9.17) is 0 Å².